The zero-order valence-electron chi connectivity index (χ0n) is 17.0. The predicted octanol–water partition coefficient (Wildman–Crippen LogP) is 1.77. The highest BCUT2D eigenvalue weighted by atomic mass is 32.2. The minimum Gasteiger partial charge on any atom is -0.474 e. The number of sulfonamides is 1. The van der Waals surface area contributed by atoms with Crippen molar-refractivity contribution in [1.82, 2.24) is 19.7 Å². The van der Waals surface area contributed by atoms with E-state index < -0.39 is 10.0 Å². The van der Waals surface area contributed by atoms with E-state index >= 15 is 0 Å². The van der Waals surface area contributed by atoms with E-state index in [1.807, 2.05) is 13.1 Å². The molecule has 158 valence electrons. The second kappa shape index (κ2) is 8.81. The minimum absolute atomic E-state index is 0.0255. The summed E-state index contributed by atoms with van der Waals surface area (Å²) in [4.78, 5) is 18.6. The smallest absolute Gasteiger partial charge is 0.274 e. The van der Waals surface area contributed by atoms with Crippen LogP contribution in [-0.4, -0.2) is 66.0 Å². The summed E-state index contributed by atoms with van der Waals surface area (Å²) in [5.41, 5.74) is 0.959. The number of amides is 1. The average molecular weight is 422 g/mol. The van der Waals surface area contributed by atoms with E-state index in [0.29, 0.717) is 43.2 Å². The van der Waals surface area contributed by atoms with Crippen LogP contribution in [0.3, 0.4) is 0 Å². The highest BCUT2D eigenvalue weighted by Crippen LogP contribution is 2.22. The van der Waals surface area contributed by atoms with Gasteiger partial charge in [-0.3, -0.25) is 13.8 Å². The van der Waals surface area contributed by atoms with Crippen LogP contribution in [-0.2, 0) is 16.6 Å². The van der Waals surface area contributed by atoms with Crippen molar-refractivity contribution >= 4 is 21.6 Å². The van der Waals surface area contributed by atoms with Crippen molar-refractivity contribution < 1.29 is 17.9 Å². The Morgan fingerprint density at radius 1 is 1.24 bits per heavy atom. The molecule has 1 saturated heterocycles. The molecule has 3 heterocycles. The standard InChI is InChI=1S/C19H27N5O4S/c1-4-24-13-10-17(21-24)19(25)23-11-8-16(9-12-23)28-18-7-6-15(14-20-18)22(3)29(26,27)5-2/h6-7,10,13-14,16H,4-5,8-9,11-12H2,1-3H3. The normalized spacial score (nSPS) is 15.3. The summed E-state index contributed by atoms with van der Waals surface area (Å²) in [5.74, 6) is 0.415. The van der Waals surface area contributed by atoms with Gasteiger partial charge in [0.15, 0.2) is 0 Å². The van der Waals surface area contributed by atoms with Gasteiger partial charge in [-0.15, -0.1) is 0 Å². The maximum Gasteiger partial charge on any atom is 0.274 e. The van der Waals surface area contributed by atoms with Gasteiger partial charge < -0.3 is 9.64 Å². The number of aromatic nitrogens is 3. The molecular weight excluding hydrogens is 394 g/mol. The van der Waals surface area contributed by atoms with Gasteiger partial charge >= 0.3 is 0 Å². The van der Waals surface area contributed by atoms with Crippen molar-refractivity contribution in [2.45, 2.75) is 39.3 Å². The largest absolute Gasteiger partial charge is 0.474 e. The molecule has 2 aromatic heterocycles. The van der Waals surface area contributed by atoms with Gasteiger partial charge in [0.1, 0.15) is 11.8 Å². The first-order valence-corrected chi connectivity index (χ1v) is 11.4. The van der Waals surface area contributed by atoms with Crippen molar-refractivity contribution in [2.75, 3.05) is 30.2 Å². The topological polar surface area (TPSA) is 97.6 Å². The quantitative estimate of drug-likeness (QED) is 0.676. The summed E-state index contributed by atoms with van der Waals surface area (Å²) in [6.45, 7) is 5.50. The van der Waals surface area contributed by atoms with Crippen molar-refractivity contribution in [2.24, 2.45) is 0 Å². The Morgan fingerprint density at radius 2 is 1.97 bits per heavy atom. The van der Waals surface area contributed by atoms with E-state index in [2.05, 4.69) is 10.1 Å². The Morgan fingerprint density at radius 3 is 2.52 bits per heavy atom. The summed E-state index contributed by atoms with van der Waals surface area (Å²) < 4.78 is 32.7. The molecule has 0 atom stereocenters. The van der Waals surface area contributed by atoms with Crippen molar-refractivity contribution in [3.63, 3.8) is 0 Å². The Balaban J connectivity index is 1.53. The maximum atomic E-state index is 12.5. The van der Waals surface area contributed by atoms with Gasteiger partial charge in [0.2, 0.25) is 15.9 Å². The van der Waals surface area contributed by atoms with Crippen LogP contribution in [0.2, 0.25) is 0 Å². The summed E-state index contributed by atoms with van der Waals surface area (Å²) in [6.07, 6.45) is 4.66. The number of ether oxygens (including phenoxy) is 1. The number of aryl methyl sites for hydroxylation is 1. The molecule has 10 heteroatoms. The van der Waals surface area contributed by atoms with Gasteiger partial charge in [-0.25, -0.2) is 13.4 Å². The Bertz CT molecular complexity index is 934. The van der Waals surface area contributed by atoms with Gasteiger partial charge in [0.05, 0.1) is 17.6 Å². The average Bonchev–Trinajstić information content (AvgIpc) is 3.23. The summed E-state index contributed by atoms with van der Waals surface area (Å²) >= 11 is 0. The van der Waals surface area contributed by atoms with E-state index in [1.165, 1.54) is 17.5 Å². The molecule has 0 aliphatic carbocycles. The highest BCUT2D eigenvalue weighted by Gasteiger charge is 2.26. The molecule has 1 aliphatic rings. The van der Waals surface area contributed by atoms with Crippen molar-refractivity contribution in [3.8, 4) is 5.88 Å². The molecule has 1 amide bonds. The molecule has 0 bridgehead atoms. The van der Waals surface area contributed by atoms with Gasteiger partial charge in [0, 0.05) is 51.8 Å². The van der Waals surface area contributed by atoms with Gasteiger partial charge in [0.25, 0.3) is 5.91 Å². The van der Waals surface area contributed by atoms with Gasteiger partial charge in [-0.1, -0.05) is 0 Å². The monoisotopic (exact) mass is 421 g/mol. The van der Waals surface area contributed by atoms with Crippen LogP contribution in [0, 0.1) is 0 Å². The Hall–Kier alpha value is -2.62. The molecule has 0 radical (unpaired) electrons. The number of hydrogen-bond acceptors (Lipinski definition) is 6. The summed E-state index contributed by atoms with van der Waals surface area (Å²) in [5, 5.41) is 4.27. The number of carbonyl (C=O) groups is 1. The summed E-state index contributed by atoms with van der Waals surface area (Å²) in [7, 11) is -1.81. The first kappa shape index (κ1) is 21.1. The zero-order chi connectivity index (χ0) is 21.0. The molecule has 29 heavy (non-hydrogen) atoms. The molecule has 0 saturated carbocycles. The summed E-state index contributed by atoms with van der Waals surface area (Å²) in [6, 6.07) is 5.10. The lowest BCUT2D eigenvalue weighted by atomic mass is 10.1. The van der Waals surface area contributed by atoms with Crippen LogP contribution < -0.4 is 9.04 Å². The molecule has 0 aromatic carbocycles. The fraction of sp³-hybridized carbons (Fsp3) is 0.526. The first-order valence-electron chi connectivity index (χ1n) is 9.76. The van der Waals surface area contributed by atoms with E-state index in [9.17, 15) is 13.2 Å². The molecule has 0 spiro atoms. The van der Waals surface area contributed by atoms with Crippen molar-refractivity contribution in [1.29, 1.82) is 0 Å². The fourth-order valence-corrected chi connectivity index (χ4v) is 3.96. The number of nitrogens with zero attached hydrogens (tertiary/aromatic N) is 5. The molecule has 9 nitrogen and oxygen atoms in total. The second-order valence-corrected chi connectivity index (χ2v) is 9.18. The van der Waals surface area contributed by atoms with Gasteiger partial charge in [-0.2, -0.15) is 5.10 Å². The van der Waals surface area contributed by atoms with Crippen LogP contribution in [0.15, 0.2) is 30.6 Å². The molecule has 3 rings (SSSR count). The fourth-order valence-electron chi connectivity index (χ4n) is 3.14. The lowest BCUT2D eigenvalue weighted by Crippen LogP contribution is -2.42. The Labute approximate surface area is 171 Å². The van der Waals surface area contributed by atoms with E-state index in [4.69, 9.17) is 4.74 Å². The first-order chi connectivity index (χ1) is 13.8. The molecule has 0 N–H and O–H groups in total. The van der Waals surface area contributed by atoms with Crippen LogP contribution in [0.25, 0.3) is 0 Å². The van der Waals surface area contributed by atoms with E-state index in [0.717, 1.165) is 6.54 Å². The molecular formula is C19H27N5O4S. The van der Waals surface area contributed by atoms with E-state index in [-0.39, 0.29) is 17.8 Å². The second-order valence-electron chi connectivity index (χ2n) is 6.89. The number of anilines is 1. The van der Waals surface area contributed by atoms with Crippen LogP contribution in [0.1, 0.15) is 37.2 Å². The number of carbonyl (C=O) groups excluding carboxylic acids is 1. The van der Waals surface area contributed by atoms with Crippen LogP contribution >= 0.6 is 0 Å². The maximum absolute atomic E-state index is 12.5. The number of pyridine rings is 1. The van der Waals surface area contributed by atoms with E-state index in [1.54, 1.807) is 34.7 Å². The molecule has 0 unspecified atom stereocenters. The Kier molecular flexibility index (Phi) is 6.41. The van der Waals surface area contributed by atoms with Crippen LogP contribution in [0.5, 0.6) is 5.88 Å². The molecule has 2 aromatic rings. The predicted molar refractivity (Wildman–Crippen MR) is 110 cm³/mol. The zero-order valence-corrected chi connectivity index (χ0v) is 17.8. The third-order valence-corrected chi connectivity index (χ3v) is 6.84. The number of likely N-dealkylation sites (tertiary alicyclic amines) is 1. The molecule has 1 aliphatic heterocycles. The number of hydrogen-bond donors (Lipinski definition) is 0. The lowest BCUT2D eigenvalue weighted by Gasteiger charge is -2.31. The number of piperidine rings is 1. The van der Waals surface area contributed by atoms with Crippen LogP contribution in [0.4, 0.5) is 5.69 Å². The van der Waals surface area contributed by atoms with Gasteiger partial charge in [-0.05, 0) is 26.0 Å². The minimum atomic E-state index is -3.32. The molecule has 1 fully saturated rings. The third kappa shape index (κ3) is 4.87. The van der Waals surface area contributed by atoms with Crippen molar-refractivity contribution in [3.05, 3.63) is 36.3 Å². The SMILES string of the molecule is CCn1ccc(C(=O)N2CCC(Oc3ccc(N(C)S(=O)(=O)CC)cn3)CC2)n1. The third-order valence-electron chi connectivity index (χ3n) is 5.07. The highest BCUT2D eigenvalue weighted by molar-refractivity contribution is 7.92. The number of rotatable bonds is 7. The lowest BCUT2D eigenvalue weighted by molar-refractivity contribution is 0.0582.